The molecule has 0 saturated heterocycles. The Labute approximate surface area is 80.5 Å². The van der Waals surface area contributed by atoms with E-state index in [1.807, 2.05) is 48.5 Å². The lowest BCUT2D eigenvalue weighted by Crippen LogP contribution is -1.88. The van der Waals surface area contributed by atoms with E-state index >= 15 is 0 Å². The number of rotatable bonds is 3. The Morgan fingerprint density at radius 1 is 0.750 bits per heavy atom. The predicted octanol–water partition coefficient (Wildman–Crippen LogP) is 4.51. The van der Waals surface area contributed by atoms with Gasteiger partial charge in [0.25, 0.3) is 0 Å². The van der Waals surface area contributed by atoms with Crippen molar-refractivity contribution in [3.05, 3.63) is 0 Å². The van der Waals surface area contributed by atoms with Crippen LogP contribution in [0.3, 0.4) is 0 Å². The van der Waals surface area contributed by atoms with Gasteiger partial charge in [-0.2, -0.15) is 0 Å². The molecule has 0 rings (SSSR count). The summed E-state index contributed by atoms with van der Waals surface area (Å²) < 4.78 is 4.98. The van der Waals surface area contributed by atoms with Crippen LogP contribution in [0.5, 0.6) is 0 Å². The molecule has 0 unspecified atom stereocenters. The fraction of sp³-hybridized carbons (Fsp3) is 1.00. The topological polar surface area (TPSA) is 9.23 Å². The summed E-state index contributed by atoms with van der Waals surface area (Å²) in [5.41, 5.74) is 0. The zero-order valence-electron chi connectivity index (χ0n) is 10.5. The van der Waals surface area contributed by atoms with Crippen LogP contribution in [-0.4, -0.2) is 13.2 Å². The molecule has 0 saturated carbocycles. The maximum atomic E-state index is 4.98. The summed E-state index contributed by atoms with van der Waals surface area (Å²) in [7, 11) is 0. The van der Waals surface area contributed by atoms with Crippen LogP contribution in [0, 0.1) is 0 Å². The van der Waals surface area contributed by atoms with E-state index in [1.54, 1.807) is 0 Å². The Bertz CT molecular complexity index is 17.0. The van der Waals surface area contributed by atoms with Crippen molar-refractivity contribution in [3.8, 4) is 0 Å². The highest BCUT2D eigenvalue weighted by atomic mass is 16.5. The summed E-state index contributed by atoms with van der Waals surface area (Å²) in [4.78, 5) is 0. The zero-order chi connectivity index (χ0) is 10.8. The molecule has 0 N–H and O–H groups in total. The Morgan fingerprint density at radius 2 is 1.08 bits per heavy atom. The fourth-order valence-electron chi connectivity index (χ4n) is 0.289. The molecule has 0 aromatic rings. The summed E-state index contributed by atoms with van der Waals surface area (Å²) in [6, 6.07) is 0. The monoisotopic (exact) mass is 178 g/mol. The van der Waals surface area contributed by atoms with Crippen molar-refractivity contribution >= 4 is 0 Å². The number of ether oxygens (including phenoxy) is 1. The van der Waals surface area contributed by atoms with Crippen LogP contribution in [0.4, 0.5) is 0 Å². The molecule has 0 spiro atoms. The Balaban J connectivity index is -0.0000000453. The van der Waals surface area contributed by atoms with E-state index in [2.05, 4.69) is 6.92 Å². The highest BCUT2D eigenvalue weighted by Gasteiger charge is 1.72. The van der Waals surface area contributed by atoms with Gasteiger partial charge in [-0.15, -0.1) is 0 Å². The minimum absolute atomic E-state index is 0.855. The van der Waals surface area contributed by atoms with Gasteiger partial charge < -0.3 is 4.74 Å². The van der Waals surface area contributed by atoms with E-state index in [9.17, 15) is 0 Å². The lowest BCUT2D eigenvalue weighted by Gasteiger charge is -1.91. The van der Waals surface area contributed by atoms with Crippen LogP contribution in [-0.2, 0) is 4.74 Å². The van der Waals surface area contributed by atoms with Crippen molar-refractivity contribution in [2.24, 2.45) is 0 Å². The van der Waals surface area contributed by atoms with Crippen molar-refractivity contribution in [3.63, 3.8) is 0 Å². The fourth-order valence-corrected chi connectivity index (χ4v) is 0.289. The van der Waals surface area contributed by atoms with E-state index in [-0.39, 0.29) is 0 Å². The average molecular weight is 178 g/mol. The van der Waals surface area contributed by atoms with Crippen molar-refractivity contribution in [2.75, 3.05) is 13.2 Å². The van der Waals surface area contributed by atoms with Gasteiger partial charge in [0.2, 0.25) is 0 Å². The maximum Gasteiger partial charge on any atom is 0.0463 e. The second-order valence-corrected chi connectivity index (χ2v) is 1.20. The minimum atomic E-state index is 0.855. The average Bonchev–Trinajstić information content (AvgIpc) is 2.24. The first-order valence-corrected chi connectivity index (χ1v) is 5.49. The van der Waals surface area contributed by atoms with Gasteiger partial charge in [-0.1, -0.05) is 48.5 Å². The third-order valence-corrected chi connectivity index (χ3v) is 0.553. The molecule has 0 aliphatic rings. The predicted molar refractivity (Wildman–Crippen MR) is 60.8 cm³/mol. The Morgan fingerprint density at radius 3 is 1.17 bits per heavy atom. The Kier molecular flexibility index (Phi) is 131. The van der Waals surface area contributed by atoms with Crippen LogP contribution < -0.4 is 0 Å². The molecular formula is C11H30O. The summed E-state index contributed by atoms with van der Waals surface area (Å²) in [5, 5.41) is 0. The molecule has 80 valence electrons. The van der Waals surface area contributed by atoms with E-state index in [0.717, 1.165) is 19.6 Å². The van der Waals surface area contributed by atoms with Crippen molar-refractivity contribution in [1.29, 1.82) is 0 Å². The van der Waals surface area contributed by atoms with Gasteiger partial charge in [-0.3, -0.25) is 0 Å². The second kappa shape index (κ2) is 69.3. The molecular weight excluding hydrogens is 148 g/mol. The third-order valence-electron chi connectivity index (χ3n) is 0.553. The molecule has 1 heteroatoms. The molecule has 0 heterocycles. The molecule has 0 fully saturated rings. The molecule has 0 aliphatic heterocycles. The molecule has 0 aliphatic carbocycles. The van der Waals surface area contributed by atoms with E-state index in [0.29, 0.717) is 0 Å². The van der Waals surface area contributed by atoms with Crippen molar-refractivity contribution < 1.29 is 4.74 Å². The van der Waals surface area contributed by atoms with Gasteiger partial charge in [0.1, 0.15) is 0 Å². The van der Waals surface area contributed by atoms with E-state index < -0.39 is 0 Å². The molecule has 12 heavy (non-hydrogen) atoms. The first-order chi connectivity index (χ1) is 5.91. The lowest BCUT2D eigenvalue weighted by atomic mass is 10.5. The molecule has 1 nitrogen and oxygen atoms in total. The van der Waals surface area contributed by atoms with Crippen LogP contribution in [0.1, 0.15) is 61.8 Å². The minimum Gasteiger partial charge on any atom is -0.382 e. The number of hydrogen-bond donors (Lipinski definition) is 0. The van der Waals surface area contributed by atoms with Crippen LogP contribution in [0.15, 0.2) is 0 Å². The van der Waals surface area contributed by atoms with Crippen LogP contribution in [0.25, 0.3) is 0 Å². The van der Waals surface area contributed by atoms with Gasteiger partial charge in [-0.05, 0) is 13.3 Å². The van der Waals surface area contributed by atoms with Crippen LogP contribution in [0.2, 0.25) is 0 Å². The first kappa shape index (κ1) is 22.7. The van der Waals surface area contributed by atoms with Gasteiger partial charge >= 0.3 is 0 Å². The summed E-state index contributed by atoms with van der Waals surface area (Å²) in [6.07, 6.45) is 1.13. The van der Waals surface area contributed by atoms with Gasteiger partial charge in [0.15, 0.2) is 0 Å². The van der Waals surface area contributed by atoms with Crippen molar-refractivity contribution in [2.45, 2.75) is 61.8 Å². The zero-order valence-corrected chi connectivity index (χ0v) is 10.5. The molecule has 0 aromatic heterocycles. The standard InChI is InChI=1S/C5H12O.3C2H6/c1-3-5-6-4-2;3*1-2/h3-5H2,1-2H3;3*1-2H3. The second-order valence-electron chi connectivity index (χ2n) is 1.20. The van der Waals surface area contributed by atoms with E-state index in [1.165, 1.54) is 0 Å². The molecule has 0 aromatic carbocycles. The van der Waals surface area contributed by atoms with Gasteiger partial charge in [-0.25, -0.2) is 0 Å². The SMILES string of the molecule is CC.CC.CC.CCCOCC. The first-order valence-electron chi connectivity index (χ1n) is 5.49. The molecule has 0 amide bonds. The summed E-state index contributed by atoms with van der Waals surface area (Å²) in [5.74, 6) is 0. The van der Waals surface area contributed by atoms with E-state index in [4.69, 9.17) is 4.74 Å². The molecule has 0 bridgehead atoms. The quantitative estimate of drug-likeness (QED) is 0.578. The normalized spacial score (nSPS) is 6.00. The maximum absolute atomic E-state index is 4.98. The lowest BCUT2D eigenvalue weighted by molar-refractivity contribution is 0.148. The van der Waals surface area contributed by atoms with Gasteiger partial charge in [0.05, 0.1) is 0 Å². The summed E-state index contributed by atoms with van der Waals surface area (Å²) >= 11 is 0. The summed E-state index contributed by atoms with van der Waals surface area (Å²) in [6.45, 7) is 17.9. The highest BCUT2D eigenvalue weighted by Crippen LogP contribution is 1.75. The highest BCUT2D eigenvalue weighted by molar-refractivity contribution is 4.19. The Hall–Kier alpha value is -0.0400. The molecule has 0 radical (unpaired) electrons. The van der Waals surface area contributed by atoms with Gasteiger partial charge in [0, 0.05) is 13.2 Å². The smallest absolute Gasteiger partial charge is 0.0463 e. The third kappa shape index (κ3) is 91.3. The van der Waals surface area contributed by atoms with Crippen LogP contribution >= 0.6 is 0 Å². The molecule has 0 atom stereocenters. The largest absolute Gasteiger partial charge is 0.382 e. The van der Waals surface area contributed by atoms with Crippen molar-refractivity contribution in [1.82, 2.24) is 0 Å². The number of hydrogen-bond acceptors (Lipinski definition) is 1.